The minimum atomic E-state index is 0.220. The van der Waals surface area contributed by atoms with Gasteiger partial charge in [-0.1, -0.05) is 32.9 Å². The molecule has 0 bridgehead atoms. The first-order chi connectivity index (χ1) is 8.80. The minimum Gasteiger partial charge on any atom is -0.311 e. The van der Waals surface area contributed by atoms with Crippen LogP contribution in [0.25, 0.3) is 0 Å². The molecule has 2 heteroatoms. The summed E-state index contributed by atoms with van der Waals surface area (Å²) >= 11 is 0. The Morgan fingerprint density at radius 3 is 2.00 bits per heavy atom. The van der Waals surface area contributed by atoms with E-state index in [1.54, 1.807) is 0 Å². The molecule has 1 aromatic rings. The van der Waals surface area contributed by atoms with Crippen molar-refractivity contribution in [3.63, 3.8) is 0 Å². The molecule has 0 amide bonds. The summed E-state index contributed by atoms with van der Waals surface area (Å²) in [6.07, 6.45) is 0. The molecule has 0 aromatic heterocycles. The molecule has 0 spiro atoms. The second kappa shape index (κ2) is 5.26. The fourth-order valence-electron chi connectivity index (χ4n) is 3.07. The van der Waals surface area contributed by atoms with E-state index in [1.807, 2.05) is 0 Å². The Morgan fingerprint density at radius 1 is 1.00 bits per heavy atom. The van der Waals surface area contributed by atoms with E-state index in [0.717, 1.165) is 13.1 Å². The SMILES string of the molecule is Cc1cc(C(C)(C)C)cc(C)c1C1NCCNC1C. The van der Waals surface area contributed by atoms with Gasteiger partial charge in [-0.05, 0) is 48.4 Å². The summed E-state index contributed by atoms with van der Waals surface area (Å²) < 4.78 is 0. The Morgan fingerprint density at radius 2 is 1.53 bits per heavy atom. The van der Waals surface area contributed by atoms with Crippen LogP contribution >= 0.6 is 0 Å². The number of hydrogen-bond donors (Lipinski definition) is 2. The smallest absolute Gasteiger partial charge is 0.0478 e. The fourth-order valence-corrected chi connectivity index (χ4v) is 3.07. The molecule has 2 nitrogen and oxygen atoms in total. The van der Waals surface area contributed by atoms with Crippen LogP contribution in [-0.4, -0.2) is 19.1 Å². The molecule has 1 fully saturated rings. The average molecular weight is 260 g/mol. The van der Waals surface area contributed by atoms with Crippen LogP contribution in [0.15, 0.2) is 12.1 Å². The second-order valence-electron chi connectivity index (χ2n) is 6.95. The highest BCUT2D eigenvalue weighted by molar-refractivity contribution is 5.43. The number of rotatable bonds is 1. The van der Waals surface area contributed by atoms with Crippen molar-refractivity contribution in [2.75, 3.05) is 13.1 Å². The van der Waals surface area contributed by atoms with E-state index in [9.17, 15) is 0 Å². The van der Waals surface area contributed by atoms with Crippen LogP contribution < -0.4 is 10.6 Å². The predicted octanol–water partition coefficient (Wildman–Crippen LogP) is 3.22. The van der Waals surface area contributed by atoms with Crippen molar-refractivity contribution in [1.29, 1.82) is 0 Å². The zero-order valence-corrected chi connectivity index (χ0v) is 13.2. The Hall–Kier alpha value is -0.860. The Bertz CT molecular complexity index is 434. The van der Waals surface area contributed by atoms with Gasteiger partial charge >= 0.3 is 0 Å². The van der Waals surface area contributed by atoms with Crippen LogP contribution in [0.2, 0.25) is 0 Å². The number of nitrogens with one attached hydrogen (secondary N) is 2. The first kappa shape index (κ1) is 14.5. The van der Waals surface area contributed by atoms with Crippen molar-refractivity contribution >= 4 is 0 Å². The minimum absolute atomic E-state index is 0.220. The molecule has 1 saturated heterocycles. The van der Waals surface area contributed by atoms with Crippen LogP contribution in [0.3, 0.4) is 0 Å². The first-order valence-corrected chi connectivity index (χ1v) is 7.39. The van der Waals surface area contributed by atoms with Crippen LogP contribution in [0.1, 0.15) is 56.0 Å². The highest BCUT2D eigenvalue weighted by atomic mass is 15.1. The lowest BCUT2D eigenvalue weighted by atomic mass is 9.81. The van der Waals surface area contributed by atoms with Gasteiger partial charge in [-0.3, -0.25) is 0 Å². The number of aryl methyl sites for hydroxylation is 2. The maximum atomic E-state index is 3.66. The number of piperazine rings is 1. The predicted molar refractivity (Wildman–Crippen MR) is 82.8 cm³/mol. The highest BCUT2D eigenvalue weighted by Crippen LogP contribution is 2.31. The normalized spacial score (nSPS) is 24.5. The molecule has 1 aromatic carbocycles. The third-order valence-corrected chi connectivity index (χ3v) is 4.23. The van der Waals surface area contributed by atoms with E-state index in [0.29, 0.717) is 12.1 Å². The van der Waals surface area contributed by atoms with Gasteiger partial charge < -0.3 is 10.6 Å². The van der Waals surface area contributed by atoms with Gasteiger partial charge in [-0.2, -0.15) is 0 Å². The van der Waals surface area contributed by atoms with E-state index in [4.69, 9.17) is 0 Å². The van der Waals surface area contributed by atoms with Crippen molar-refractivity contribution in [3.05, 3.63) is 34.4 Å². The average Bonchev–Trinajstić information content (AvgIpc) is 2.29. The molecule has 1 aliphatic heterocycles. The van der Waals surface area contributed by atoms with Gasteiger partial charge in [-0.15, -0.1) is 0 Å². The Labute approximate surface area is 118 Å². The van der Waals surface area contributed by atoms with Crippen molar-refractivity contribution in [2.24, 2.45) is 0 Å². The van der Waals surface area contributed by atoms with E-state index >= 15 is 0 Å². The van der Waals surface area contributed by atoms with Crippen LogP contribution in [0, 0.1) is 13.8 Å². The van der Waals surface area contributed by atoms with E-state index in [1.165, 1.54) is 22.3 Å². The molecular weight excluding hydrogens is 232 g/mol. The Kier molecular flexibility index (Phi) is 4.03. The van der Waals surface area contributed by atoms with Crippen molar-refractivity contribution in [1.82, 2.24) is 10.6 Å². The molecular formula is C17H28N2. The monoisotopic (exact) mass is 260 g/mol. The molecule has 1 heterocycles. The zero-order valence-electron chi connectivity index (χ0n) is 13.2. The van der Waals surface area contributed by atoms with Gasteiger partial charge in [0.2, 0.25) is 0 Å². The summed E-state index contributed by atoms with van der Waals surface area (Å²) in [4.78, 5) is 0. The summed E-state index contributed by atoms with van der Waals surface area (Å²) in [5, 5.41) is 7.23. The number of hydrogen-bond acceptors (Lipinski definition) is 2. The Balaban J connectivity index is 2.42. The lowest BCUT2D eigenvalue weighted by Gasteiger charge is -2.34. The molecule has 0 radical (unpaired) electrons. The zero-order chi connectivity index (χ0) is 14.2. The standard InChI is InChI=1S/C17H28N2/c1-11-9-14(17(4,5)6)10-12(2)15(11)16-13(3)18-7-8-19-16/h9-10,13,16,18-19H,7-8H2,1-6H3. The topological polar surface area (TPSA) is 24.1 Å². The van der Waals surface area contributed by atoms with Crippen molar-refractivity contribution in [3.8, 4) is 0 Å². The van der Waals surface area contributed by atoms with Crippen LogP contribution in [0.5, 0.6) is 0 Å². The maximum absolute atomic E-state index is 3.66. The molecule has 2 unspecified atom stereocenters. The summed E-state index contributed by atoms with van der Waals surface area (Å²) in [6.45, 7) is 15.7. The largest absolute Gasteiger partial charge is 0.311 e. The quantitative estimate of drug-likeness (QED) is 0.810. The number of benzene rings is 1. The molecule has 106 valence electrons. The van der Waals surface area contributed by atoms with Crippen molar-refractivity contribution in [2.45, 2.75) is 59.0 Å². The van der Waals surface area contributed by atoms with Gasteiger partial charge in [0.1, 0.15) is 0 Å². The molecule has 2 atom stereocenters. The second-order valence-corrected chi connectivity index (χ2v) is 6.95. The summed E-state index contributed by atoms with van der Waals surface area (Å²) in [7, 11) is 0. The molecule has 0 aliphatic carbocycles. The lowest BCUT2D eigenvalue weighted by molar-refractivity contribution is 0.343. The summed E-state index contributed by atoms with van der Waals surface area (Å²) in [5.74, 6) is 0. The van der Waals surface area contributed by atoms with Gasteiger partial charge in [0, 0.05) is 25.2 Å². The molecule has 2 N–H and O–H groups in total. The summed E-state index contributed by atoms with van der Waals surface area (Å²) in [6, 6.07) is 5.66. The van der Waals surface area contributed by atoms with E-state index in [2.05, 4.69) is 64.3 Å². The summed E-state index contributed by atoms with van der Waals surface area (Å²) in [5.41, 5.74) is 5.96. The molecule has 1 aliphatic rings. The molecule has 0 saturated carbocycles. The van der Waals surface area contributed by atoms with Gasteiger partial charge in [-0.25, -0.2) is 0 Å². The van der Waals surface area contributed by atoms with Crippen LogP contribution in [-0.2, 0) is 5.41 Å². The molecule has 2 rings (SSSR count). The van der Waals surface area contributed by atoms with Crippen molar-refractivity contribution < 1.29 is 0 Å². The molecule has 19 heavy (non-hydrogen) atoms. The maximum Gasteiger partial charge on any atom is 0.0478 e. The van der Waals surface area contributed by atoms with Crippen LogP contribution in [0.4, 0.5) is 0 Å². The van der Waals surface area contributed by atoms with E-state index < -0.39 is 0 Å². The van der Waals surface area contributed by atoms with E-state index in [-0.39, 0.29) is 5.41 Å². The van der Waals surface area contributed by atoms with Gasteiger partial charge in [0.25, 0.3) is 0 Å². The third kappa shape index (κ3) is 3.01. The fraction of sp³-hybridized carbons (Fsp3) is 0.647. The van der Waals surface area contributed by atoms with Gasteiger partial charge in [0.15, 0.2) is 0 Å². The first-order valence-electron chi connectivity index (χ1n) is 7.39. The highest BCUT2D eigenvalue weighted by Gasteiger charge is 2.26. The lowest BCUT2D eigenvalue weighted by Crippen LogP contribution is -2.49. The third-order valence-electron chi connectivity index (χ3n) is 4.23. The van der Waals surface area contributed by atoms with Gasteiger partial charge in [0.05, 0.1) is 0 Å².